The maximum atomic E-state index is 13.9. The summed E-state index contributed by atoms with van der Waals surface area (Å²) in [4.78, 5) is 32.0. The lowest BCUT2D eigenvalue weighted by molar-refractivity contribution is -0.139. The van der Waals surface area contributed by atoms with Crippen LogP contribution in [0.2, 0.25) is 15.1 Å². The fourth-order valence-electron chi connectivity index (χ4n) is 4.71. The van der Waals surface area contributed by atoms with Crippen LogP contribution in [0.5, 0.6) is 11.5 Å². The monoisotopic (exact) mass is 642 g/mol. The molecule has 1 aromatic heterocycles. The van der Waals surface area contributed by atoms with E-state index in [0.717, 1.165) is 11.1 Å². The first-order valence-corrected chi connectivity index (χ1v) is 14.9. The van der Waals surface area contributed by atoms with Crippen LogP contribution in [-0.4, -0.2) is 24.3 Å². The van der Waals surface area contributed by atoms with Crippen LogP contribution in [0.25, 0.3) is 6.08 Å². The van der Waals surface area contributed by atoms with E-state index in [1.807, 2.05) is 42.5 Å². The van der Waals surface area contributed by atoms with Gasteiger partial charge in [0.05, 0.1) is 45.6 Å². The lowest BCUT2D eigenvalue weighted by Gasteiger charge is -2.24. The Labute approximate surface area is 260 Å². The maximum absolute atomic E-state index is 13.9. The van der Waals surface area contributed by atoms with Crippen LogP contribution in [0.3, 0.4) is 0 Å². The number of halogens is 3. The summed E-state index contributed by atoms with van der Waals surface area (Å²) < 4.78 is 18.8. The zero-order valence-corrected chi connectivity index (χ0v) is 25.9. The highest BCUT2D eigenvalue weighted by Crippen LogP contribution is 2.37. The predicted molar refractivity (Wildman–Crippen MR) is 166 cm³/mol. The van der Waals surface area contributed by atoms with Crippen molar-refractivity contribution in [1.82, 2.24) is 4.57 Å². The molecule has 2 heterocycles. The fraction of sp³-hybridized carbons (Fsp3) is 0.194. The number of allylic oxidation sites excluding steroid dienone is 1. The van der Waals surface area contributed by atoms with E-state index < -0.39 is 12.0 Å². The summed E-state index contributed by atoms with van der Waals surface area (Å²) >= 11 is 19.8. The summed E-state index contributed by atoms with van der Waals surface area (Å²) in [6, 6.07) is 17.3. The van der Waals surface area contributed by atoms with Gasteiger partial charge in [-0.25, -0.2) is 9.79 Å². The number of hydrogen-bond donors (Lipinski definition) is 0. The van der Waals surface area contributed by atoms with E-state index in [1.54, 1.807) is 49.8 Å². The zero-order chi connectivity index (χ0) is 30.0. The highest BCUT2D eigenvalue weighted by molar-refractivity contribution is 7.07. The lowest BCUT2D eigenvalue weighted by atomic mass is 9.96. The van der Waals surface area contributed by atoms with Gasteiger partial charge in [0, 0.05) is 10.6 Å². The second-order valence-electron chi connectivity index (χ2n) is 9.27. The molecule has 7 nitrogen and oxygen atoms in total. The van der Waals surface area contributed by atoms with Crippen molar-refractivity contribution >= 4 is 58.2 Å². The van der Waals surface area contributed by atoms with Gasteiger partial charge in [-0.2, -0.15) is 0 Å². The number of hydrogen-bond acceptors (Lipinski definition) is 7. The van der Waals surface area contributed by atoms with Gasteiger partial charge >= 0.3 is 5.97 Å². The fourth-order valence-corrected chi connectivity index (χ4v) is 6.68. The van der Waals surface area contributed by atoms with Crippen molar-refractivity contribution in [1.29, 1.82) is 0 Å². The maximum Gasteiger partial charge on any atom is 0.338 e. The minimum atomic E-state index is -0.669. The Balaban J connectivity index is 1.56. The van der Waals surface area contributed by atoms with Gasteiger partial charge in [0.2, 0.25) is 0 Å². The average Bonchev–Trinajstić information content (AvgIpc) is 3.26. The number of ether oxygens (including phenoxy) is 3. The highest BCUT2D eigenvalue weighted by atomic mass is 35.5. The smallest absolute Gasteiger partial charge is 0.338 e. The van der Waals surface area contributed by atoms with E-state index in [1.165, 1.54) is 11.3 Å². The largest absolute Gasteiger partial charge is 0.496 e. The van der Waals surface area contributed by atoms with Gasteiger partial charge in [0.25, 0.3) is 5.56 Å². The molecule has 0 amide bonds. The summed E-state index contributed by atoms with van der Waals surface area (Å²) in [5.41, 5.74) is 2.82. The number of aromatic nitrogens is 1. The zero-order valence-electron chi connectivity index (χ0n) is 22.8. The Hall–Kier alpha value is -3.56. The number of benzene rings is 3. The molecule has 0 radical (unpaired) electrons. The molecule has 11 heteroatoms. The minimum Gasteiger partial charge on any atom is -0.496 e. The van der Waals surface area contributed by atoms with E-state index in [4.69, 9.17) is 49.0 Å². The standard InChI is InChI=1S/C31H25Cl3N2O5S/c1-4-40-30(38)26-17(2)35-31-36(27(26)19-8-6-5-7-9-19)29(37)25(42-31)13-18-10-11-24(39-3)20(12-18)16-41-28-22(33)14-21(32)15-23(28)34/h5-15,27H,4,16H2,1-3H3/t27-/m1/s1. The topological polar surface area (TPSA) is 79.1 Å². The van der Waals surface area contributed by atoms with Gasteiger partial charge in [0.15, 0.2) is 10.6 Å². The number of carbonyl (C=O) groups is 1. The number of methoxy groups -OCH3 is 1. The molecule has 0 bridgehead atoms. The van der Waals surface area contributed by atoms with Crippen LogP contribution >= 0.6 is 46.1 Å². The first-order valence-electron chi connectivity index (χ1n) is 12.9. The van der Waals surface area contributed by atoms with Crippen LogP contribution in [0.4, 0.5) is 0 Å². The Morgan fingerprint density at radius 2 is 1.79 bits per heavy atom. The Kier molecular flexibility index (Phi) is 9.08. The number of nitrogens with zero attached hydrogens (tertiary/aromatic N) is 2. The second kappa shape index (κ2) is 12.8. The van der Waals surface area contributed by atoms with Gasteiger partial charge in [-0.1, -0.05) is 82.5 Å². The minimum absolute atomic E-state index is 0.100. The summed E-state index contributed by atoms with van der Waals surface area (Å²) in [5.74, 6) is 0.397. The molecule has 42 heavy (non-hydrogen) atoms. The van der Waals surface area contributed by atoms with Gasteiger partial charge in [-0.3, -0.25) is 9.36 Å². The summed E-state index contributed by atoms with van der Waals surface area (Å²) in [6.45, 7) is 3.81. The molecule has 4 aromatic rings. The molecule has 0 aliphatic carbocycles. The van der Waals surface area contributed by atoms with Gasteiger partial charge in [-0.05, 0) is 55.3 Å². The quantitative estimate of drug-likeness (QED) is 0.209. The third-order valence-electron chi connectivity index (χ3n) is 6.57. The molecule has 0 fully saturated rings. The van der Waals surface area contributed by atoms with Crippen molar-refractivity contribution in [2.45, 2.75) is 26.5 Å². The van der Waals surface area contributed by atoms with Crippen LogP contribution in [0.15, 0.2) is 81.7 Å². The normalized spacial score (nSPS) is 14.8. The molecule has 1 aliphatic rings. The SMILES string of the molecule is CCOC(=O)C1=C(C)N=c2sc(=Cc3ccc(OC)c(COc4c(Cl)cc(Cl)cc4Cl)c3)c(=O)n2[C@@H]1c1ccccc1. The molecule has 0 saturated heterocycles. The first kappa shape index (κ1) is 29.9. The first-order chi connectivity index (χ1) is 20.2. The van der Waals surface area contributed by atoms with E-state index in [9.17, 15) is 9.59 Å². The molecule has 0 N–H and O–H groups in total. The van der Waals surface area contributed by atoms with Crippen LogP contribution in [0, 0.1) is 0 Å². The number of fused-ring (bicyclic) bond motifs is 1. The molecule has 0 unspecified atom stereocenters. The molecule has 5 rings (SSSR count). The molecule has 0 spiro atoms. The van der Waals surface area contributed by atoms with Crippen LogP contribution < -0.4 is 24.4 Å². The second-order valence-corrected chi connectivity index (χ2v) is 11.5. The molecule has 216 valence electrons. The van der Waals surface area contributed by atoms with Crippen molar-refractivity contribution in [2.75, 3.05) is 13.7 Å². The van der Waals surface area contributed by atoms with Crippen molar-refractivity contribution in [3.05, 3.63) is 123 Å². The molecule has 0 saturated carbocycles. The summed E-state index contributed by atoms with van der Waals surface area (Å²) in [5, 5.41) is 0.973. The number of esters is 1. The number of rotatable bonds is 8. The van der Waals surface area contributed by atoms with E-state index in [2.05, 4.69) is 4.99 Å². The van der Waals surface area contributed by atoms with Crippen LogP contribution in [0.1, 0.15) is 36.6 Å². The molecule has 3 aromatic carbocycles. The van der Waals surface area contributed by atoms with Gasteiger partial charge in [0.1, 0.15) is 12.4 Å². The number of thiazole rings is 1. The van der Waals surface area contributed by atoms with Crippen molar-refractivity contribution in [2.24, 2.45) is 4.99 Å². The van der Waals surface area contributed by atoms with Crippen LogP contribution in [-0.2, 0) is 16.1 Å². The van der Waals surface area contributed by atoms with E-state index in [-0.39, 0.29) is 28.8 Å². The summed E-state index contributed by atoms with van der Waals surface area (Å²) in [7, 11) is 1.56. The van der Waals surface area contributed by atoms with Crippen molar-refractivity contribution < 1.29 is 19.0 Å². The molecular formula is C31H25Cl3N2O5S. The van der Waals surface area contributed by atoms with E-state index >= 15 is 0 Å². The highest BCUT2D eigenvalue weighted by Gasteiger charge is 2.33. The Morgan fingerprint density at radius 1 is 1.07 bits per heavy atom. The van der Waals surface area contributed by atoms with Gasteiger partial charge < -0.3 is 14.2 Å². The lowest BCUT2D eigenvalue weighted by Crippen LogP contribution is -2.39. The van der Waals surface area contributed by atoms with Gasteiger partial charge in [-0.15, -0.1) is 0 Å². The Morgan fingerprint density at radius 3 is 2.45 bits per heavy atom. The third-order valence-corrected chi connectivity index (χ3v) is 8.33. The van der Waals surface area contributed by atoms with Crippen molar-refractivity contribution in [3.8, 4) is 11.5 Å². The summed E-state index contributed by atoms with van der Waals surface area (Å²) in [6.07, 6.45) is 1.78. The Bertz CT molecular complexity index is 1860. The molecular weight excluding hydrogens is 619 g/mol. The number of carbonyl (C=O) groups excluding carboxylic acids is 1. The third kappa shape index (κ3) is 5.99. The van der Waals surface area contributed by atoms with Crippen molar-refractivity contribution in [3.63, 3.8) is 0 Å². The predicted octanol–water partition coefficient (Wildman–Crippen LogP) is 6.35. The average molecular weight is 644 g/mol. The van der Waals surface area contributed by atoms with E-state index in [0.29, 0.717) is 42.7 Å². The molecule has 1 atom stereocenters. The molecule has 1 aliphatic heterocycles.